The zero-order chi connectivity index (χ0) is 13.0. The second-order valence-corrected chi connectivity index (χ2v) is 4.54. The highest BCUT2D eigenvalue weighted by atomic mass is 16.6. The molecule has 0 spiro atoms. The van der Waals surface area contributed by atoms with Gasteiger partial charge in [-0.2, -0.15) is 0 Å². The molecule has 18 heavy (non-hydrogen) atoms. The molecular formula is C12H18N4O2. The first-order valence-electron chi connectivity index (χ1n) is 6.28. The van der Waals surface area contributed by atoms with E-state index in [1.165, 1.54) is 18.7 Å². The molecule has 0 aliphatic carbocycles. The number of likely N-dealkylation sites (tertiary alicyclic amines) is 1. The Balaban J connectivity index is 1.94. The van der Waals surface area contributed by atoms with Gasteiger partial charge < -0.3 is 10.2 Å². The zero-order valence-electron chi connectivity index (χ0n) is 10.5. The Labute approximate surface area is 106 Å². The molecule has 1 N–H and O–H groups in total. The molecule has 98 valence electrons. The van der Waals surface area contributed by atoms with Crippen molar-refractivity contribution in [1.82, 2.24) is 9.88 Å². The zero-order valence-corrected chi connectivity index (χ0v) is 10.5. The van der Waals surface area contributed by atoms with Crippen molar-refractivity contribution in [3.05, 3.63) is 28.4 Å². The van der Waals surface area contributed by atoms with Gasteiger partial charge in [-0.1, -0.05) is 6.92 Å². The van der Waals surface area contributed by atoms with Crippen LogP contribution in [0.5, 0.6) is 0 Å². The van der Waals surface area contributed by atoms with E-state index in [0.29, 0.717) is 11.9 Å². The van der Waals surface area contributed by atoms with Crippen LogP contribution in [0, 0.1) is 10.1 Å². The summed E-state index contributed by atoms with van der Waals surface area (Å²) in [5.41, 5.74) is 0.0272. The van der Waals surface area contributed by atoms with Gasteiger partial charge in [0.25, 0.3) is 5.69 Å². The molecule has 1 atom stereocenters. The second kappa shape index (κ2) is 5.77. The molecule has 6 nitrogen and oxygen atoms in total. The van der Waals surface area contributed by atoms with Crippen molar-refractivity contribution in [2.75, 3.05) is 25.0 Å². The lowest BCUT2D eigenvalue weighted by atomic mass is 10.1. The molecule has 0 radical (unpaired) electrons. The van der Waals surface area contributed by atoms with Crippen LogP contribution in [0.1, 0.15) is 19.8 Å². The predicted molar refractivity (Wildman–Crippen MR) is 69.7 cm³/mol. The normalized spacial score (nSPS) is 20.6. The van der Waals surface area contributed by atoms with E-state index in [1.807, 2.05) is 0 Å². The Morgan fingerprint density at radius 1 is 1.61 bits per heavy atom. The van der Waals surface area contributed by atoms with E-state index in [1.54, 1.807) is 6.07 Å². The number of anilines is 1. The van der Waals surface area contributed by atoms with E-state index in [2.05, 4.69) is 22.1 Å². The Morgan fingerprint density at radius 3 is 3.06 bits per heavy atom. The number of nitrogens with one attached hydrogen (secondary N) is 1. The summed E-state index contributed by atoms with van der Waals surface area (Å²) >= 11 is 0. The summed E-state index contributed by atoms with van der Waals surface area (Å²) in [7, 11) is 0. The number of nitro groups is 1. The van der Waals surface area contributed by atoms with Crippen LogP contribution in [-0.2, 0) is 0 Å². The summed E-state index contributed by atoms with van der Waals surface area (Å²) in [6, 6.07) is 3.53. The fourth-order valence-corrected chi connectivity index (χ4v) is 2.25. The molecule has 1 aromatic rings. The Morgan fingerprint density at radius 2 is 2.44 bits per heavy atom. The SMILES string of the molecule is CCN1CCCC(Nc2ccc([N+](=O)[O-])cn2)C1. The third kappa shape index (κ3) is 3.16. The second-order valence-electron chi connectivity index (χ2n) is 4.54. The molecule has 0 aromatic carbocycles. The van der Waals surface area contributed by atoms with Gasteiger partial charge >= 0.3 is 0 Å². The molecular weight excluding hydrogens is 232 g/mol. The van der Waals surface area contributed by atoms with Crippen molar-refractivity contribution in [2.24, 2.45) is 0 Å². The lowest BCUT2D eigenvalue weighted by Crippen LogP contribution is -2.41. The highest BCUT2D eigenvalue weighted by molar-refractivity contribution is 5.41. The van der Waals surface area contributed by atoms with E-state index >= 15 is 0 Å². The molecule has 0 saturated carbocycles. The molecule has 2 rings (SSSR count). The highest BCUT2D eigenvalue weighted by Gasteiger charge is 2.18. The molecule has 0 amide bonds. The van der Waals surface area contributed by atoms with Crippen molar-refractivity contribution in [1.29, 1.82) is 0 Å². The van der Waals surface area contributed by atoms with Gasteiger partial charge in [0.1, 0.15) is 12.0 Å². The number of piperidine rings is 1. The molecule has 1 aliphatic rings. The minimum Gasteiger partial charge on any atom is -0.366 e. The first-order valence-corrected chi connectivity index (χ1v) is 6.28. The molecule has 1 saturated heterocycles. The molecule has 0 bridgehead atoms. The standard InChI is InChI=1S/C12H18N4O2/c1-2-15-7-3-4-10(9-15)14-12-6-5-11(8-13-12)16(17)18/h5-6,8,10H,2-4,7,9H2,1H3,(H,13,14). The maximum atomic E-state index is 10.5. The number of rotatable bonds is 4. The molecule has 2 heterocycles. The van der Waals surface area contributed by atoms with Gasteiger partial charge in [0.2, 0.25) is 0 Å². The average molecular weight is 250 g/mol. The molecule has 1 fully saturated rings. The van der Waals surface area contributed by atoms with Crippen LogP contribution >= 0.6 is 0 Å². The van der Waals surface area contributed by atoms with E-state index in [0.717, 1.165) is 26.1 Å². The Bertz CT molecular complexity index is 407. The first-order chi connectivity index (χ1) is 8.69. The summed E-state index contributed by atoms with van der Waals surface area (Å²) in [5, 5.41) is 13.9. The number of hydrogen-bond acceptors (Lipinski definition) is 5. The van der Waals surface area contributed by atoms with Crippen LogP contribution < -0.4 is 5.32 Å². The summed E-state index contributed by atoms with van der Waals surface area (Å²) in [5.74, 6) is 0.712. The number of pyridine rings is 1. The Kier molecular flexibility index (Phi) is 4.09. The van der Waals surface area contributed by atoms with E-state index in [-0.39, 0.29) is 5.69 Å². The quantitative estimate of drug-likeness (QED) is 0.652. The minimum atomic E-state index is -0.434. The maximum absolute atomic E-state index is 10.5. The Hall–Kier alpha value is -1.69. The van der Waals surface area contributed by atoms with Gasteiger partial charge in [-0.3, -0.25) is 10.1 Å². The van der Waals surface area contributed by atoms with Crippen LogP contribution in [0.3, 0.4) is 0 Å². The lowest BCUT2D eigenvalue weighted by molar-refractivity contribution is -0.385. The summed E-state index contributed by atoms with van der Waals surface area (Å²) in [6.07, 6.45) is 3.59. The number of aromatic nitrogens is 1. The number of nitrogens with zero attached hydrogens (tertiary/aromatic N) is 3. The van der Waals surface area contributed by atoms with E-state index < -0.39 is 4.92 Å². The van der Waals surface area contributed by atoms with Crippen molar-refractivity contribution in [3.63, 3.8) is 0 Å². The predicted octanol–water partition coefficient (Wildman–Crippen LogP) is 1.89. The van der Waals surface area contributed by atoms with Crippen molar-refractivity contribution in [2.45, 2.75) is 25.8 Å². The summed E-state index contributed by atoms with van der Waals surface area (Å²) in [4.78, 5) is 16.6. The number of likely N-dealkylation sites (N-methyl/N-ethyl adjacent to an activating group) is 1. The van der Waals surface area contributed by atoms with Gasteiger partial charge in [-0.15, -0.1) is 0 Å². The monoisotopic (exact) mass is 250 g/mol. The molecule has 6 heteroatoms. The fraction of sp³-hybridized carbons (Fsp3) is 0.583. The highest BCUT2D eigenvalue weighted by Crippen LogP contribution is 2.16. The molecule has 1 unspecified atom stereocenters. The maximum Gasteiger partial charge on any atom is 0.287 e. The van der Waals surface area contributed by atoms with Crippen molar-refractivity contribution < 1.29 is 4.92 Å². The lowest BCUT2D eigenvalue weighted by Gasteiger charge is -2.32. The summed E-state index contributed by atoms with van der Waals surface area (Å²) < 4.78 is 0. The van der Waals surface area contributed by atoms with Crippen molar-refractivity contribution in [3.8, 4) is 0 Å². The smallest absolute Gasteiger partial charge is 0.287 e. The third-order valence-corrected chi connectivity index (χ3v) is 3.26. The van der Waals surface area contributed by atoms with Crippen LogP contribution in [-0.4, -0.2) is 40.5 Å². The van der Waals surface area contributed by atoms with Gasteiger partial charge in [-0.25, -0.2) is 4.98 Å². The summed E-state index contributed by atoms with van der Waals surface area (Å²) in [6.45, 7) is 5.38. The van der Waals surface area contributed by atoms with E-state index in [9.17, 15) is 10.1 Å². The fourth-order valence-electron chi connectivity index (χ4n) is 2.25. The first kappa shape index (κ1) is 12.8. The van der Waals surface area contributed by atoms with Crippen LogP contribution in [0.25, 0.3) is 0 Å². The van der Waals surface area contributed by atoms with Crippen LogP contribution in [0.2, 0.25) is 0 Å². The number of hydrogen-bond donors (Lipinski definition) is 1. The largest absolute Gasteiger partial charge is 0.366 e. The van der Waals surface area contributed by atoms with Crippen LogP contribution in [0.4, 0.5) is 11.5 Å². The van der Waals surface area contributed by atoms with Gasteiger partial charge in [0.15, 0.2) is 0 Å². The van der Waals surface area contributed by atoms with Gasteiger partial charge in [0, 0.05) is 18.7 Å². The molecule has 1 aliphatic heterocycles. The van der Waals surface area contributed by atoms with E-state index in [4.69, 9.17) is 0 Å². The third-order valence-electron chi connectivity index (χ3n) is 3.26. The van der Waals surface area contributed by atoms with Crippen LogP contribution in [0.15, 0.2) is 18.3 Å². The van der Waals surface area contributed by atoms with Crippen molar-refractivity contribution >= 4 is 11.5 Å². The molecule has 1 aromatic heterocycles. The average Bonchev–Trinajstić information content (AvgIpc) is 2.39. The van der Waals surface area contributed by atoms with Gasteiger partial charge in [0.05, 0.1) is 4.92 Å². The topological polar surface area (TPSA) is 71.3 Å². The van der Waals surface area contributed by atoms with Gasteiger partial charge in [-0.05, 0) is 32.0 Å². The minimum absolute atomic E-state index is 0.0272.